The fraction of sp³-hybridized carbons (Fsp3) is 0.160. The minimum Gasteiger partial charge on any atom is -0.349 e. The average molecular weight is 487 g/mol. The maximum Gasteiger partial charge on any atom is 0.418 e. The van der Waals surface area contributed by atoms with Crippen molar-refractivity contribution in [2.45, 2.75) is 25.6 Å². The Bertz CT molecular complexity index is 1210. The van der Waals surface area contributed by atoms with Crippen LogP contribution in [0.5, 0.6) is 0 Å². The van der Waals surface area contributed by atoms with Gasteiger partial charge in [-0.15, -0.1) is 0 Å². The lowest BCUT2D eigenvalue weighted by molar-refractivity contribution is -0.137. The maximum absolute atomic E-state index is 13.7. The molecular weight excluding hydrogens is 466 g/mol. The van der Waals surface area contributed by atoms with Crippen molar-refractivity contribution in [3.05, 3.63) is 95.3 Å². The van der Waals surface area contributed by atoms with E-state index in [-0.39, 0.29) is 17.7 Å². The quantitative estimate of drug-likeness (QED) is 0.395. The summed E-state index contributed by atoms with van der Waals surface area (Å²) < 4.78 is 54.2. The van der Waals surface area contributed by atoms with Crippen molar-refractivity contribution in [3.8, 4) is 0 Å². The van der Waals surface area contributed by atoms with Crippen LogP contribution in [0.15, 0.2) is 72.8 Å². The molecule has 3 aromatic carbocycles. The molecule has 0 aliphatic heterocycles. The minimum absolute atomic E-state index is 0.0577. The van der Waals surface area contributed by atoms with Crippen LogP contribution in [0.1, 0.15) is 40.9 Å². The number of rotatable bonds is 7. The summed E-state index contributed by atoms with van der Waals surface area (Å²) in [5.41, 5.74) is -1.16. The fourth-order valence-corrected chi connectivity index (χ4v) is 3.34. The number of halogens is 4. The second-order valence-corrected chi connectivity index (χ2v) is 7.64. The number of benzene rings is 3. The van der Waals surface area contributed by atoms with E-state index in [1.807, 2.05) is 0 Å². The van der Waals surface area contributed by atoms with Crippen LogP contribution < -0.4 is 16.0 Å². The summed E-state index contributed by atoms with van der Waals surface area (Å²) in [4.78, 5) is 36.4. The third-order valence-corrected chi connectivity index (χ3v) is 4.93. The highest BCUT2D eigenvalue weighted by Gasteiger charge is 2.34. The summed E-state index contributed by atoms with van der Waals surface area (Å²) in [6.07, 6.45) is -5.14. The Hall–Kier alpha value is -4.21. The maximum atomic E-state index is 13.7. The summed E-state index contributed by atoms with van der Waals surface area (Å²) in [7, 11) is 0. The first kappa shape index (κ1) is 25.4. The molecule has 0 fully saturated rings. The van der Waals surface area contributed by atoms with Crippen molar-refractivity contribution in [2.24, 2.45) is 0 Å². The second kappa shape index (κ2) is 10.8. The first-order chi connectivity index (χ1) is 16.5. The highest BCUT2D eigenvalue weighted by atomic mass is 19.4. The van der Waals surface area contributed by atoms with Crippen molar-refractivity contribution < 1.29 is 31.9 Å². The number of hydrogen-bond acceptors (Lipinski definition) is 3. The lowest BCUT2D eigenvalue weighted by Crippen LogP contribution is -2.30. The molecule has 0 saturated carbocycles. The zero-order valence-electron chi connectivity index (χ0n) is 18.4. The molecule has 3 N–H and O–H groups in total. The molecule has 0 heterocycles. The lowest BCUT2D eigenvalue weighted by atomic mass is 10.0. The van der Waals surface area contributed by atoms with Crippen molar-refractivity contribution >= 4 is 29.1 Å². The van der Waals surface area contributed by atoms with Crippen LogP contribution in [-0.4, -0.2) is 17.7 Å². The topological polar surface area (TPSA) is 87.3 Å². The van der Waals surface area contributed by atoms with Crippen LogP contribution in [0.4, 0.5) is 28.9 Å². The van der Waals surface area contributed by atoms with Crippen molar-refractivity contribution in [1.29, 1.82) is 0 Å². The largest absolute Gasteiger partial charge is 0.418 e. The minimum atomic E-state index is -4.84. The van der Waals surface area contributed by atoms with Gasteiger partial charge in [0.1, 0.15) is 5.82 Å². The number of carbonyl (C=O) groups excluding carboxylic acids is 3. The van der Waals surface area contributed by atoms with Crippen LogP contribution in [0, 0.1) is 5.82 Å². The van der Waals surface area contributed by atoms with Gasteiger partial charge in [-0.05, 0) is 48.0 Å². The molecular formula is C25H21F4N3O3. The van der Waals surface area contributed by atoms with Gasteiger partial charge in [0, 0.05) is 18.2 Å². The lowest BCUT2D eigenvalue weighted by Gasteiger charge is -2.20. The Morgan fingerprint density at radius 2 is 1.54 bits per heavy atom. The Kier molecular flexibility index (Phi) is 7.85. The predicted molar refractivity (Wildman–Crippen MR) is 122 cm³/mol. The van der Waals surface area contributed by atoms with Gasteiger partial charge in [0.25, 0.3) is 5.91 Å². The van der Waals surface area contributed by atoms with E-state index in [0.29, 0.717) is 11.6 Å². The van der Waals surface area contributed by atoms with Crippen LogP contribution in [0.3, 0.4) is 0 Å². The first-order valence-corrected chi connectivity index (χ1v) is 10.4. The van der Waals surface area contributed by atoms with E-state index in [2.05, 4.69) is 16.0 Å². The van der Waals surface area contributed by atoms with Crippen LogP contribution >= 0.6 is 0 Å². The number of alkyl halides is 3. The number of hydrogen-bond donors (Lipinski definition) is 3. The number of amides is 3. The van der Waals surface area contributed by atoms with E-state index >= 15 is 0 Å². The van der Waals surface area contributed by atoms with Crippen molar-refractivity contribution in [2.75, 3.05) is 10.6 Å². The predicted octanol–water partition coefficient (Wildman–Crippen LogP) is 5.30. The number of anilines is 2. The summed E-state index contributed by atoms with van der Waals surface area (Å²) in [6, 6.07) is 15.2. The Balaban J connectivity index is 1.79. The van der Waals surface area contributed by atoms with E-state index in [9.17, 15) is 31.9 Å². The molecule has 0 bridgehead atoms. The third kappa shape index (κ3) is 7.13. The fourth-order valence-electron chi connectivity index (χ4n) is 3.34. The smallest absolute Gasteiger partial charge is 0.349 e. The van der Waals surface area contributed by atoms with E-state index in [1.165, 1.54) is 25.1 Å². The molecule has 0 aliphatic carbocycles. The second-order valence-electron chi connectivity index (χ2n) is 7.64. The van der Waals surface area contributed by atoms with Gasteiger partial charge >= 0.3 is 6.18 Å². The molecule has 1 atom stereocenters. The molecule has 182 valence electrons. The van der Waals surface area contributed by atoms with Gasteiger partial charge in [0.05, 0.1) is 23.7 Å². The van der Waals surface area contributed by atoms with E-state index in [0.717, 1.165) is 18.2 Å². The van der Waals surface area contributed by atoms with Crippen molar-refractivity contribution in [1.82, 2.24) is 5.32 Å². The van der Waals surface area contributed by atoms with E-state index in [4.69, 9.17) is 0 Å². The highest BCUT2D eigenvalue weighted by molar-refractivity contribution is 6.04. The van der Waals surface area contributed by atoms with Crippen LogP contribution in [0.2, 0.25) is 0 Å². The summed E-state index contributed by atoms with van der Waals surface area (Å²) >= 11 is 0. The standard InChI is InChI=1S/C25H21F4N3O3/c1-15(33)30-22(16-5-3-2-4-6-16)14-23(34)32-21-12-11-19(13-20(21)25(27,28)29)31-24(35)17-7-9-18(26)10-8-17/h2-13,22H,14H2,1H3,(H,30,33)(H,31,35)(H,32,34). The van der Waals surface area contributed by atoms with Gasteiger partial charge < -0.3 is 16.0 Å². The summed E-state index contributed by atoms with van der Waals surface area (Å²) in [6.45, 7) is 1.27. The molecule has 3 aromatic rings. The van der Waals surface area contributed by atoms with Crippen LogP contribution in [0.25, 0.3) is 0 Å². The van der Waals surface area contributed by atoms with Gasteiger partial charge in [-0.3, -0.25) is 14.4 Å². The molecule has 0 saturated heterocycles. The van der Waals surface area contributed by atoms with Crippen molar-refractivity contribution in [3.63, 3.8) is 0 Å². The van der Waals surface area contributed by atoms with Gasteiger partial charge in [-0.25, -0.2) is 4.39 Å². The van der Waals surface area contributed by atoms with Gasteiger partial charge in [0.15, 0.2) is 0 Å². The first-order valence-electron chi connectivity index (χ1n) is 10.4. The molecule has 10 heteroatoms. The van der Waals surface area contributed by atoms with Gasteiger partial charge in [0.2, 0.25) is 11.8 Å². The zero-order valence-corrected chi connectivity index (χ0v) is 18.4. The zero-order chi connectivity index (χ0) is 25.6. The molecule has 3 rings (SSSR count). The monoisotopic (exact) mass is 487 g/mol. The average Bonchev–Trinajstić information content (AvgIpc) is 2.79. The van der Waals surface area contributed by atoms with Crippen LogP contribution in [-0.2, 0) is 15.8 Å². The van der Waals surface area contributed by atoms with Gasteiger partial charge in [-0.2, -0.15) is 13.2 Å². The van der Waals surface area contributed by atoms with Gasteiger partial charge in [-0.1, -0.05) is 30.3 Å². The SMILES string of the molecule is CC(=O)NC(CC(=O)Nc1ccc(NC(=O)c2ccc(F)cc2)cc1C(F)(F)F)c1ccccc1. The Morgan fingerprint density at radius 1 is 0.886 bits per heavy atom. The molecule has 3 amide bonds. The summed E-state index contributed by atoms with van der Waals surface area (Å²) in [5, 5.41) is 7.18. The number of nitrogens with one attached hydrogen (secondary N) is 3. The highest BCUT2D eigenvalue weighted by Crippen LogP contribution is 2.37. The Morgan fingerprint density at radius 3 is 2.14 bits per heavy atom. The molecule has 0 aliphatic rings. The Labute approximate surface area is 198 Å². The molecule has 6 nitrogen and oxygen atoms in total. The molecule has 1 unspecified atom stereocenters. The molecule has 0 radical (unpaired) electrons. The third-order valence-electron chi connectivity index (χ3n) is 4.93. The van der Waals surface area contributed by atoms with E-state index < -0.39 is 47.0 Å². The van der Waals surface area contributed by atoms with E-state index in [1.54, 1.807) is 30.3 Å². The molecule has 0 spiro atoms. The molecule has 35 heavy (non-hydrogen) atoms. The summed E-state index contributed by atoms with van der Waals surface area (Å²) in [5.74, 6) is -2.44. The normalized spacial score (nSPS) is 11.9. The molecule has 0 aromatic heterocycles. The number of carbonyl (C=O) groups is 3.